The van der Waals surface area contributed by atoms with Crippen molar-refractivity contribution in [2.24, 2.45) is 0 Å². The molecule has 0 bridgehead atoms. The highest BCUT2D eigenvalue weighted by molar-refractivity contribution is 7.99. The van der Waals surface area contributed by atoms with Crippen molar-refractivity contribution in [3.05, 3.63) is 64.3 Å². The number of hydrogen-bond donors (Lipinski definition) is 1. The second-order valence-corrected chi connectivity index (χ2v) is 8.79. The Morgan fingerprint density at radius 3 is 2.50 bits per heavy atom. The third-order valence-corrected chi connectivity index (χ3v) is 6.17. The van der Waals surface area contributed by atoms with Gasteiger partial charge in [0.1, 0.15) is 5.82 Å². The lowest BCUT2D eigenvalue weighted by Crippen LogP contribution is -2.11. The first-order chi connectivity index (χ1) is 13.4. The number of aryl methyl sites for hydroxylation is 3. The molecule has 0 radical (unpaired) electrons. The van der Waals surface area contributed by atoms with Crippen molar-refractivity contribution < 1.29 is 9.18 Å². The van der Waals surface area contributed by atoms with E-state index in [1.807, 2.05) is 5.38 Å². The Labute approximate surface area is 173 Å². The molecule has 6 heteroatoms. The number of thiazole rings is 1. The van der Waals surface area contributed by atoms with E-state index in [0.29, 0.717) is 11.6 Å². The number of rotatable bonds is 7. The monoisotopic (exact) mass is 414 g/mol. The molecule has 146 valence electrons. The van der Waals surface area contributed by atoms with Gasteiger partial charge in [-0.2, -0.15) is 0 Å². The van der Waals surface area contributed by atoms with E-state index in [4.69, 9.17) is 0 Å². The zero-order chi connectivity index (χ0) is 20.1. The lowest BCUT2D eigenvalue weighted by atomic mass is 9.98. The van der Waals surface area contributed by atoms with Crippen molar-refractivity contribution in [3.63, 3.8) is 0 Å². The minimum absolute atomic E-state index is 0.0297. The van der Waals surface area contributed by atoms with E-state index in [-0.39, 0.29) is 11.7 Å². The number of nitrogens with zero attached hydrogens (tertiary/aromatic N) is 1. The van der Waals surface area contributed by atoms with Gasteiger partial charge in [-0.25, -0.2) is 9.37 Å². The van der Waals surface area contributed by atoms with Gasteiger partial charge >= 0.3 is 0 Å². The fraction of sp³-hybridized carbons (Fsp3) is 0.273. The van der Waals surface area contributed by atoms with E-state index >= 15 is 0 Å². The molecule has 1 N–H and O–H groups in total. The topological polar surface area (TPSA) is 42.0 Å². The minimum atomic E-state index is -0.234. The zero-order valence-corrected chi connectivity index (χ0v) is 17.8. The van der Waals surface area contributed by atoms with Gasteiger partial charge in [0.2, 0.25) is 5.91 Å². The van der Waals surface area contributed by atoms with Crippen LogP contribution in [-0.4, -0.2) is 16.6 Å². The molecule has 0 aliphatic carbocycles. The number of carbonyl (C=O) groups excluding carboxylic acids is 1. The van der Waals surface area contributed by atoms with Crippen molar-refractivity contribution in [1.82, 2.24) is 4.98 Å². The average Bonchev–Trinajstić information content (AvgIpc) is 3.07. The van der Waals surface area contributed by atoms with Crippen molar-refractivity contribution in [2.45, 2.75) is 38.5 Å². The van der Waals surface area contributed by atoms with E-state index in [1.54, 1.807) is 23.9 Å². The Balaban J connectivity index is 1.51. The van der Waals surface area contributed by atoms with Crippen LogP contribution in [0, 0.1) is 26.6 Å². The number of halogens is 1. The largest absolute Gasteiger partial charge is 0.302 e. The molecule has 0 fully saturated rings. The summed E-state index contributed by atoms with van der Waals surface area (Å²) in [5.74, 6) is 0.546. The second kappa shape index (κ2) is 9.34. The average molecular weight is 415 g/mol. The van der Waals surface area contributed by atoms with Gasteiger partial charge in [0, 0.05) is 22.3 Å². The Bertz CT molecular complexity index is 944. The van der Waals surface area contributed by atoms with Gasteiger partial charge < -0.3 is 5.32 Å². The number of benzene rings is 2. The normalized spacial score (nSPS) is 10.9. The van der Waals surface area contributed by atoms with Crippen LogP contribution in [0.4, 0.5) is 9.52 Å². The summed E-state index contributed by atoms with van der Waals surface area (Å²) in [5.41, 5.74) is 5.67. The van der Waals surface area contributed by atoms with Gasteiger partial charge in [-0.05, 0) is 68.3 Å². The van der Waals surface area contributed by atoms with Crippen LogP contribution in [0.15, 0.2) is 46.7 Å². The van der Waals surface area contributed by atoms with E-state index in [1.165, 1.54) is 40.2 Å². The molecule has 0 spiro atoms. The molecular formula is C22H23FN2OS2. The van der Waals surface area contributed by atoms with Crippen molar-refractivity contribution in [3.8, 4) is 11.3 Å². The van der Waals surface area contributed by atoms with Gasteiger partial charge in [0.15, 0.2) is 5.13 Å². The molecule has 0 unspecified atom stereocenters. The first-order valence-electron chi connectivity index (χ1n) is 9.14. The van der Waals surface area contributed by atoms with Crippen LogP contribution in [0.3, 0.4) is 0 Å². The third-order valence-electron chi connectivity index (χ3n) is 4.31. The van der Waals surface area contributed by atoms with Gasteiger partial charge in [-0.1, -0.05) is 17.7 Å². The Hall–Kier alpha value is -2.18. The van der Waals surface area contributed by atoms with Crippen molar-refractivity contribution in [1.29, 1.82) is 0 Å². The fourth-order valence-corrected chi connectivity index (χ4v) is 4.74. The highest BCUT2D eigenvalue weighted by atomic mass is 32.2. The molecule has 0 saturated heterocycles. The summed E-state index contributed by atoms with van der Waals surface area (Å²) in [5, 5.41) is 5.52. The minimum Gasteiger partial charge on any atom is -0.302 e. The first-order valence-corrected chi connectivity index (χ1v) is 11.0. The molecule has 1 amide bonds. The summed E-state index contributed by atoms with van der Waals surface area (Å²) in [6, 6.07) is 10.7. The van der Waals surface area contributed by atoms with E-state index in [9.17, 15) is 9.18 Å². The summed E-state index contributed by atoms with van der Waals surface area (Å²) < 4.78 is 12.9. The lowest BCUT2D eigenvalue weighted by Gasteiger charge is -2.08. The lowest BCUT2D eigenvalue weighted by molar-refractivity contribution is -0.116. The highest BCUT2D eigenvalue weighted by Crippen LogP contribution is 2.31. The van der Waals surface area contributed by atoms with Crippen molar-refractivity contribution >= 4 is 34.1 Å². The van der Waals surface area contributed by atoms with Gasteiger partial charge in [-0.15, -0.1) is 23.1 Å². The Morgan fingerprint density at radius 1 is 1.14 bits per heavy atom. The number of aromatic nitrogens is 1. The summed E-state index contributed by atoms with van der Waals surface area (Å²) in [7, 11) is 0. The molecular weight excluding hydrogens is 391 g/mol. The molecule has 3 rings (SSSR count). The standard InChI is InChI=1S/C22H23FN2OS2/c1-14-11-15(2)21(16(3)12-14)19-13-28-22(24-19)25-20(26)5-4-10-27-18-8-6-17(23)7-9-18/h6-9,11-13H,4-5,10H2,1-3H3,(H,24,25,26). The quantitative estimate of drug-likeness (QED) is 0.360. The molecule has 2 aromatic carbocycles. The van der Waals surface area contributed by atoms with Crippen LogP contribution in [-0.2, 0) is 4.79 Å². The second-order valence-electron chi connectivity index (χ2n) is 6.77. The maximum Gasteiger partial charge on any atom is 0.226 e. The molecule has 3 aromatic rings. The van der Waals surface area contributed by atoms with Gasteiger partial charge in [0.05, 0.1) is 5.69 Å². The van der Waals surface area contributed by atoms with Gasteiger partial charge in [0.25, 0.3) is 0 Å². The number of hydrogen-bond acceptors (Lipinski definition) is 4. The number of anilines is 1. The highest BCUT2D eigenvalue weighted by Gasteiger charge is 2.12. The van der Waals surface area contributed by atoms with Crippen molar-refractivity contribution in [2.75, 3.05) is 11.1 Å². The third kappa shape index (κ3) is 5.42. The van der Waals surface area contributed by atoms with Crippen LogP contribution in [0.25, 0.3) is 11.3 Å². The van der Waals surface area contributed by atoms with Gasteiger partial charge in [-0.3, -0.25) is 4.79 Å². The number of nitrogens with one attached hydrogen (secondary N) is 1. The van der Waals surface area contributed by atoms with E-state index < -0.39 is 0 Å². The summed E-state index contributed by atoms with van der Waals surface area (Å²) in [6.07, 6.45) is 1.19. The van der Waals surface area contributed by atoms with Crippen LogP contribution in [0.5, 0.6) is 0 Å². The molecule has 1 aromatic heterocycles. The Kier molecular flexibility index (Phi) is 6.86. The maximum absolute atomic E-state index is 12.9. The summed E-state index contributed by atoms with van der Waals surface area (Å²) in [4.78, 5) is 17.8. The maximum atomic E-state index is 12.9. The first kappa shape index (κ1) is 20.6. The molecule has 0 atom stereocenters. The number of amides is 1. The predicted octanol–water partition coefficient (Wildman–Crippen LogP) is 6.39. The molecule has 0 aliphatic heterocycles. The SMILES string of the molecule is Cc1cc(C)c(-c2csc(NC(=O)CCCSc3ccc(F)cc3)n2)c(C)c1. The number of thioether (sulfide) groups is 1. The molecule has 3 nitrogen and oxygen atoms in total. The van der Waals surface area contributed by atoms with E-state index in [0.717, 1.165) is 28.3 Å². The predicted molar refractivity (Wildman–Crippen MR) is 117 cm³/mol. The zero-order valence-electron chi connectivity index (χ0n) is 16.2. The van der Waals surface area contributed by atoms with Crippen LogP contribution in [0.2, 0.25) is 0 Å². The fourth-order valence-electron chi connectivity index (χ4n) is 3.17. The summed E-state index contributed by atoms with van der Waals surface area (Å²) >= 11 is 3.07. The van der Waals surface area contributed by atoms with Crippen LogP contribution >= 0.6 is 23.1 Å². The smallest absolute Gasteiger partial charge is 0.226 e. The van der Waals surface area contributed by atoms with Crippen LogP contribution in [0.1, 0.15) is 29.5 Å². The molecule has 0 aliphatic rings. The van der Waals surface area contributed by atoms with E-state index in [2.05, 4.69) is 43.2 Å². The molecule has 1 heterocycles. The Morgan fingerprint density at radius 2 is 1.82 bits per heavy atom. The molecule has 28 heavy (non-hydrogen) atoms. The van der Waals surface area contributed by atoms with Crippen LogP contribution < -0.4 is 5.32 Å². The summed E-state index contributed by atoms with van der Waals surface area (Å²) in [6.45, 7) is 6.27. The number of carbonyl (C=O) groups is 1. The molecule has 0 saturated carbocycles.